The SMILES string of the molecule is C=C(c1cc(OC)c(OC)c(OC)c1)c1c(C)n(C)c2c(C(=O)OCC)c(OC)ccc12. The molecular formula is C25H29NO6. The minimum Gasteiger partial charge on any atom is -0.496 e. The van der Waals surface area contributed by atoms with Crippen LogP contribution in [0.1, 0.15) is 34.1 Å². The molecule has 0 aliphatic rings. The van der Waals surface area contributed by atoms with Crippen molar-refractivity contribution in [1.29, 1.82) is 0 Å². The van der Waals surface area contributed by atoms with Crippen molar-refractivity contribution in [3.63, 3.8) is 0 Å². The number of fused-ring (bicyclic) bond motifs is 1. The quantitative estimate of drug-likeness (QED) is 0.472. The first-order valence-electron chi connectivity index (χ1n) is 10.2. The maximum absolute atomic E-state index is 12.8. The predicted octanol–water partition coefficient (Wildman–Crippen LogP) is 4.76. The number of benzene rings is 2. The Labute approximate surface area is 188 Å². The molecule has 0 amide bonds. The summed E-state index contributed by atoms with van der Waals surface area (Å²) in [5, 5.41) is 0.868. The molecule has 7 heteroatoms. The highest BCUT2D eigenvalue weighted by molar-refractivity contribution is 6.10. The number of methoxy groups -OCH3 is 4. The van der Waals surface area contributed by atoms with Gasteiger partial charge in [-0.2, -0.15) is 0 Å². The molecule has 0 unspecified atom stereocenters. The van der Waals surface area contributed by atoms with Crippen molar-refractivity contribution in [3.8, 4) is 23.0 Å². The van der Waals surface area contributed by atoms with E-state index in [1.807, 2.05) is 36.7 Å². The highest BCUT2D eigenvalue weighted by Crippen LogP contribution is 2.43. The van der Waals surface area contributed by atoms with E-state index in [4.69, 9.17) is 23.7 Å². The van der Waals surface area contributed by atoms with Crippen molar-refractivity contribution in [2.75, 3.05) is 35.0 Å². The van der Waals surface area contributed by atoms with E-state index in [9.17, 15) is 4.79 Å². The third kappa shape index (κ3) is 3.64. The third-order valence-corrected chi connectivity index (χ3v) is 5.62. The van der Waals surface area contributed by atoms with Gasteiger partial charge in [-0.1, -0.05) is 6.58 Å². The van der Waals surface area contributed by atoms with E-state index < -0.39 is 5.97 Å². The molecule has 0 spiro atoms. The lowest BCUT2D eigenvalue weighted by Gasteiger charge is -2.16. The lowest BCUT2D eigenvalue weighted by molar-refractivity contribution is 0.0524. The van der Waals surface area contributed by atoms with Gasteiger partial charge in [0.2, 0.25) is 5.75 Å². The Balaban J connectivity index is 2.29. The average molecular weight is 440 g/mol. The summed E-state index contributed by atoms with van der Waals surface area (Å²) >= 11 is 0. The summed E-state index contributed by atoms with van der Waals surface area (Å²) in [5.41, 5.74) is 4.53. The van der Waals surface area contributed by atoms with Gasteiger partial charge < -0.3 is 28.3 Å². The number of hydrogen-bond acceptors (Lipinski definition) is 6. The second-order valence-electron chi connectivity index (χ2n) is 7.17. The summed E-state index contributed by atoms with van der Waals surface area (Å²) in [6, 6.07) is 7.43. The number of aromatic nitrogens is 1. The van der Waals surface area contributed by atoms with Crippen LogP contribution in [0.15, 0.2) is 30.8 Å². The highest BCUT2D eigenvalue weighted by Gasteiger charge is 2.25. The van der Waals surface area contributed by atoms with Gasteiger partial charge >= 0.3 is 5.97 Å². The Morgan fingerprint density at radius 2 is 1.53 bits per heavy atom. The Hall–Kier alpha value is -3.61. The number of nitrogens with zero attached hydrogens (tertiary/aromatic N) is 1. The number of carbonyl (C=O) groups is 1. The first-order chi connectivity index (χ1) is 15.3. The number of rotatable bonds is 8. The fraction of sp³-hybridized carbons (Fsp3) is 0.320. The molecule has 0 fully saturated rings. The van der Waals surface area contributed by atoms with Crippen molar-refractivity contribution in [3.05, 3.63) is 53.2 Å². The van der Waals surface area contributed by atoms with E-state index in [-0.39, 0.29) is 6.61 Å². The molecule has 0 radical (unpaired) electrons. The predicted molar refractivity (Wildman–Crippen MR) is 124 cm³/mol. The molecule has 0 saturated heterocycles. The van der Waals surface area contributed by atoms with Crippen molar-refractivity contribution >= 4 is 22.4 Å². The van der Waals surface area contributed by atoms with Crippen LogP contribution in [-0.2, 0) is 11.8 Å². The normalized spacial score (nSPS) is 10.7. The second-order valence-corrected chi connectivity index (χ2v) is 7.17. The van der Waals surface area contributed by atoms with Crippen LogP contribution in [0.3, 0.4) is 0 Å². The van der Waals surface area contributed by atoms with Crippen LogP contribution in [0.4, 0.5) is 0 Å². The fourth-order valence-corrected chi connectivity index (χ4v) is 4.00. The van der Waals surface area contributed by atoms with Gasteiger partial charge in [-0.05, 0) is 49.2 Å². The van der Waals surface area contributed by atoms with Crippen LogP contribution in [0.25, 0.3) is 16.5 Å². The number of esters is 1. The second kappa shape index (κ2) is 9.26. The minimum atomic E-state index is -0.430. The van der Waals surface area contributed by atoms with Gasteiger partial charge in [0.15, 0.2) is 11.5 Å². The minimum absolute atomic E-state index is 0.271. The van der Waals surface area contributed by atoms with Crippen LogP contribution < -0.4 is 18.9 Å². The van der Waals surface area contributed by atoms with E-state index in [0.717, 1.165) is 33.3 Å². The largest absolute Gasteiger partial charge is 0.496 e. The van der Waals surface area contributed by atoms with E-state index >= 15 is 0 Å². The summed E-state index contributed by atoms with van der Waals surface area (Å²) in [6.45, 7) is 8.40. The molecule has 32 heavy (non-hydrogen) atoms. The highest BCUT2D eigenvalue weighted by atomic mass is 16.5. The Bertz CT molecular complexity index is 1170. The van der Waals surface area contributed by atoms with Crippen molar-refractivity contribution in [2.24, 2.45) is 7.05 Å². The van der Waals surface area contributed by atoms with Gasteiger partial charge in [0.05, 0.1) is 40.6 Å². The topological polar surface area (TPSA) is 68.2 Å². The maximum Gasteiger partial charge on any atom is 0.344 e. The van der Waals surface area contributed by atoms with E-state index in [2.05, 4.69) is 6.58 Å². The molecule has 0 N–H and O–H groups in total. The number of aryl methyl sites for hydroxylation is 1. The summed E-state index contributed by atoms with van der Waals surface area (Å²) in [7, 11) is 8.16. The van der Waals surface area contributed by atoms with Crippen molar-refractivity contribution < 1.29 is 28.5 Å². The molecule has 7 nitrogen and oxygen atoms in total. The lowest BCUT2D eigenvalue weighted by Crippen LogP contribution is -2.09. The average Bonchev–Trinajstić information content (AvgIpc) is 3.06. The summed E-state index contributed by atoms with van der Waals surface area (Å²) in [4.78, 5) is 12.8. The molecule has 1 aromatic heterocycles. The van der Waals surface area contributed by atoms with Gasteiger partial charge in [0.1, 0.15) is 11.3 Å². The van der Waals surface area contributed by atoms with E-state index in [1.54, 1.807) is 34.3 Å². The molecule has 1 heterocycles. The first kappa shape index (κ1) is 23.1. The number of hydrogen-bond donors (Lipinski definition) is 0. The van der Waals surface area contributed by atoms with Gasteiger partial charge in [-0.3, -0.25) is 0 Å². The monoisotopic (exact) mass is 439 g/mol. The van der Waals surface area contributed by atoms with Gasteiger partial charge in [-0.15, -0.1) is 0 Å². The zero-order valence-corrected chi connectivity index (χ0v) is 19.6. The fourth-order valence-electron chi connectivity index (χ4n) is 4.00. The van der Waals surface area contributed by atoms with Crippen LogP contribution in [0.2, 0.25) is 0 Å². The molecule has 0 atom stereocenters. The Kier molecular flexibility index (Phi) is 6.67. The standard InChI is InChI=1S/C25H29NO6/c1-9-32-25(27)22-18(28-5)11-10-17-21(15(3)26(4)23(17)22)14(2)16-12-19(29-6)24(31-8)20(13-16)30-7/h10-13H,2,9H2,1,3-8H3. The molecule has 3 aromatic rings. The molecule has 170 valence electrons. The molecule has 0 aliphatic carbocycles. The number of carbonyl (C=O) groups excluding carboxylic acids is 1. The zero-order chi connectivity index (χ0) is 23.6. The van der Waals surface area contributed by atoms with Crippen LogP contribution in [0.5, 0.6) is 23.0 Å². The maximum atomic E-state index is 12.8. The van der Waals surface area contributed by atoms with Gasteiger partial charge in [-0.25, -0.2) is 4.79 Å². The number of ether oxygens (including phenoxy) is 5. The first-order valence-corrected chi connectivity index (χ1v) is 10.2. The zero-order valence-electron chi connectivity index (χ0n) is 19.6. The van der Waals surface area contributed by atoms with Crippen LogP contribution >= 0.6 is 0 Å². The molecule has 3 rings (SSSR count). The van der Waals surface area contributed by atoms with Crippen LogP contribution in [-0.4, -0.2) is 45.6 Å². The lowest BCUT2D eigenvalue weighted by atomic mass is 9.95. The smallest absolute Gasteiger partial charge is 0.344 e. The van der Waals surface area contributed by atoms with Crippen LogP contribution in [0, 0.1) is 6.92 Å². The van der Waals surface area contributed by atoms with E-state index in [0.29, 0.717) is 28.6 Å². The summed E-state index contributed by atoms with van der Waals surface area (Å²) in [5.74, 6) is 1.61. The molecule has 0 aliphatic heterocycles. The Morgan fingerprint density at radius 3 is 2.03 bits per heavy atom. The molecule has 0 bridgehead atoms. The molecule has 2 aromatic carbocycles. The van der Waals surface area contributed by atoms with Crippen molar-refractivity contribution in [1.82, 2.24) is 4.57 Å². The summed E-state index contributed by atoms with van der Waals surface area (Å²) < 4.78 is 29.2. The van der Waals surface area contributed by atoms with Gasteiger partial charge in [0, 0.05) is 23.7 Å². The molecule has 0 saturated carbocycles. The van der Waals surface area contributed by atoms with E-state index in [1.165, 1.54) is 7.11 Å². The molecular weight excluding hydrogens is 410 g/mol. The Morgan fingerprint density at radius 1 is 0.938 bits per heavy atom. The summed E-state index contributed by atoms with van der Waals surface area (Å²) in [6.07, 6.45) is 0. The van der Waals surface area contributed by atoms with Gasteiger partial charge in [0.25, 0.3) is 0 Å². The third-order valence-electron chi connectivity index (χ3n) is 5.62. The van der Waals surface area contributed by atoms with Crippen molar-refractivity contribution in [2.45, 2.75) is 13.8 Å².